The number of phosphoric ester groups is 1. The third-order valence-electron chi connectivity index (χ3n) is 8.98. The first-order chi connectivity index (χ1) is 25.6. The molecule has 310 valence electrons. The van der Waals surface area contributed by atoms with Crippen molar-refractivity contribution >= 4 is 13.8 Å². The Bertz CT molecular complexity index is 989. The Morgan fingerprint density at radius 1 is 0.604 bits per heavy atom. The average molecular weight is 769 g/mol. The quantitative estimate of drug-likeness (QED) is 0.0166. The molecule has 2 atom stereocenters. The van der Waals surface area contributed by atoms with Gasteiger partial charge in [0, 0.05) is 6.42 Å². The molecule has 0 bridgehead atoms. The molecule has 0 fully saturated rings. The zero-order valence-electron chi connectivity index (χ0n) is 35.0. The summed E-state index contributed by atoms with van der Waals surface area (Å²) in [4.78, 5) is 22.6. The van der Waals surface area contributed by atoms with Crippen LogP contribution < -0.4 is 0 Å². The summed E-state index contributed by atoms with van der Waals surface area (Å²) in [6.45, 7) is 4.83. The van der Waals surface area contributed by atoms with Crippen LogP contribution in [-0.2, 0) is 27.9 Å². The number of allylic oxidation sites excluding steroid dienone is 7. The first-order valence-corrected chi connectivity index (χ1v) is 22.9. The van der Waals surface area contributed by atoms with E-state index in [1.165, 1.54) is 109 Å². The molecule has 0 radical (unpaired) electrons. The molecule has 0 rings (SSSR count). The molecule has 0 aromatic rings. The zero-order valence-corrected chi connectivity index (χ0v) is 35.9. The first kappa shape index (κ1) is 51.3. The van der Waals surface area contributed by atoms with Crippen LogP contribution in [0.1, 0.15) is 174 Å². The summed E-state index contributed by atoms with van der Waals surface area (Å²) in [6.07, 6.45) is 45.3. The van der Waals surface area contributed by atoms with Gasteiger partial charge in [-0.15, -0.1) is 0 Å². The van der Waals surface area contributed by atoms with Crippen molar-refractivity contribution < 1.29 is 37.3 Å². The predicted molar refractivity (Wildman–Crippen MR) is 224 cm³/mol. The molecule has 8 nitrogen and oxygen atoms in total. The maximum Gasteiger partial charge on any atom is 0.472 e. The van der Waals surface area contributed by atoms with Crippen LogP contribution in [-0.4, -0.2) is 69.0 Å². The molecule has 0 aliphatic carbocycles. The highest BCUT2D eigenvalue weighted by molar-refractivity contribution is 7.47. The van der Waals surface area contributed by atoms with Gasteiger partial charge in [-0.2, -0.15) is 0 Å². The Labute approximate surface area is 327 Å². The van der Waals surface area contributed by atoms with Crippen LogP contribution in [0.25, 0.3) is 0 Å². The average Bonchev–Trinajstić information content (AvgIpc) is 3.11. The number of nitrogens with zero attached hydrogens (tertiary/aromatic N) is 1. The lowest BCUT2D eigenvalue weighted by Crippen LogP contribution is -2.37. The second-order valence-electron chi connectivity index (χ2n) is 15.4. The molecule has 0 saturated carbocycles. The molecular formula is C44H83NO7P+. The van der Waals surface area contributed by atoms with Crippen LogP contribution in [0.15, 0.2) is 48.8 Å². The molecule has 0 aliphatic heterocycles. The van der Waals surface area contributed by atoms with Crippen LogP contribution >= 0.6 is 7.82 Å². The molecule has 0 aromatic heterocycles. The monoisotopic (exact) mass is 769 g/mol. The number of phosphoric acid groups is 1. The fourth-order valence-electron chi connectivity index (χ4n) is 5.54. The first-order valence-electron chi connectivity index (χ1n) is 21.4. The van der Waals surface area contributed by atoms with Gasteiger partial charge in [-0.05, 0) is 63.9 Å². The van der Waals surface area contributed by atoms with Gasteiger partial charge in [0.05, 0.1) is 34.0 Å². The number of carbonyl (C=O) groups excluding carboxylic acids is 1. The number of likely N-dealkylation sites (N-methyl/N-ethyl adjacent to an activating group) is 1. The lowest BCUT2D eigenvalue weighted by Gasteiger charge is -2.24. The van der Waals surface area contributed by atoms with E-state index in [0.29, 0.717) is 17.4 Å². The smallest absolute Gasteiger partial charge is 0.472 e. The molecule has 0 aliphatic rings. The van der Waals surface area contributed by atoms with Crippen LogP contribution in [0, 0.1) is 0 Å². The number of ether oxygens (including phenoxy) is 2. The minimum Gasteiger partial charge on any atom is -0.492 e. The second-order valence-corrected chi connectivity index (χ2v) is 16.9. The minimum absolute atomic E-state index is 0.0684. The number of rotatable bonds is 39. The highest BCUT2D eigenvalue weighted by Gasteiger charge is 2.25. The van der Waals surface area contributed by atoms with E-state index in [1.807, 2.05) is 27.2 Å². The van der Waals surface area contributed by atoms with Crippen molar-refractivity contribution in [1.29, 1.82) is 0 Å². The van der Waals surface area contributed by atoms with Gasteiger partial charge in [0.15, 0.2) is 6.10 Å². The molecule has 0 saturated heterocycles. The summed E-state index contributed by atoms with van der Waals surface area (Å²) >= 11 is 0. The van der Waals surface area contributed by atoms with Crippen molar-refractivity contribution in [3.05, 3.63) is 48.8 Å². The fourth-order valence-corrected chi connectivity index (χ4v) is 6.28. The standard InChI is InChI=1S/C44H82NO7P/c1-6-8-10-12-14-16-18-20-22-24-26-28-30-32-34-36-39-49-43(42-52-53(47,48)51-40-38-45(3,4)5)41-50-44(46)37-35-33-31-29-27-25-23-21-19-17-15-13-11-9-7-2/h15,17,21,23,27,29,36,39,43H,6-14,16,18-20,22,24-26,28,30-35,37-38,40-42H2,1-5H3/p+1/b17-15-,23-21-,29-27-,39-36-. The van der Waals surface area contributed by atoms with Gasteiger partial charge in [-0.3, -0.25) is 13.8 Å². The van der Waals surface area contributed by atoms with Crippen LogP contribution in [0.5, 0.6) is 0 Å². The molecule has 0 aromatic carbocycles. The van der Waals surface area contributed by atoms with Crippen molar-refractivity contribution in [3.63, 3.8) is 0 Å². The third kappa shape index (κ3) is 41.3. The van der Waals surface area contributed by atoms with Crippen molar-refractivity contribution in [3.8, 4) is 0 Å². The van der Waals surface area contributed by atoms with Crippen LogP contribution in [0.2, 0.25) is 0 Å². The van der Waals surface area contributed by atoms with Gasteiger partial charge < -0.3 is 18.9 Å². The molecule has 0 heterocycles. The Hall–Kier alpha value is -1.70. The predicted octanol–water partition coefficient (Wildman–Crippen LogP) is 12.7. The SMILES string of the molecule is CCCCC/C=C\C/C=C\C/C=C\CCCCC(=O)OCC(COP(=O)(O)OCC[N+](C)(C)C)O/C=C\CCCCCCCCCCCCCCCC. The molecule has 2 unspecified atom stereocenters. The Balaban J connectivity index is 4.37. The number of hydrogen-bond acceptors (Lipinski definition) is 6. The van der Waals surface area contributed by atoms with Crippen molar-refractivity contribution in [2.45, 2.75) is 180 Å². The number of carbonyl (C=O) groups is 1. The van der Waals surface area contributed by atoms with Crippen LogP contribution in [0.3, 0.4) is 0 Å². The lowest BCUT2D eigenvalue weighted by atomic mass is 10.0. The molecular weight excluding hydrogens is 685 g/mol. The summed E-state index contributed by atoms with van der Waals surface area (Å²) in [7, 11) is 1.65. The van der Waals surface area contributed by atoms with Crippen molar-refractivity contribution in [2.24, 2.45) is 0 Å². The van der Waals surface area contributed by atoms with Gasteiger partial charge in [0.2, 0.25) is 0 Å². The van der Waals surface area contributed by atoms with Gasteiger partial charge in [0.1, 0.15) is 19.8 Å². The fraction of sp³-hybridized carbons (Fsp3) is 0.795. The van der Waals surface area contributed by atoms with Gasteiger partial charge in [-0.25, -0.2) is 4.57 Å². The number of unbranched alkanes of at least 4 members (excludes halogenated alkanes) is 19. The van der Waals surface area contributed by atoms with Crippen molar-refractivity contribution in [2.75, 3.05) is 47.5 Å². The van der Waals surface area contributed by atoms with Crippen molar-refractivity contribution in [1.82, 2.24) is 0 Å². The Morgan fingerprint density at radius 2 is 1.06 bits per heavy atom. The van der Waals surface area contributed by atoms with Gasteiger partial charge >= 0.3 is 13.8 Å². The highest BCUT2D eigenvalue weighted by atomic mass is 31.2. The largest absolute Gasteiger partial charge is 0.492 e. The summed E-state index contributed by atoms with van der Waals surface area (Å²) in [5, 5.41) is 0. The molecule has 53 heavy (non-hydrogen) atoms. The highest BCUT2D eigenvalue weighted by Crippen LogP contribution is 2.43. The van der Waals surface area contributed by atoms with E-state index in [0.717, 1.165) is 44.9 Å². The number of quaternary nitrogens is 1. The summed E-state index contributed by atoms with van der Waals surface area (Å²) in [5.41, 5.74) is 0. The number of hydrogen-bond donors (Lipinski definition) is 1. The third-order valence-corrected chi connectivity index (χ3v) is 9.97. The van der Waals surface area contributed by atoms with E-state index < -0.39 is 13.9 Å². The zero-order chi connectivity index (χ0) is 39.1. The van der Waals surface area contributed by atoms with E-state index in [9.17, 15) is 14.3 Å². The van der Waals surface area contributed by atoms with E-state index >= 15 is 0 Å². The maximum absolute atomic E-state index is 12.5. The maximum atomic E-state index is 12.5. The Morgan fingerprint density at radius 3 is 1.60 bits per heavy atom. The summed E-state index contributed by atoms with van der Waals surface area (Å²) < 4.78 is 34.7. The van der Waals surface area contributed by atoms with Gasteiger partial charge in [0.25, 0.3) is 0 Å². The lowest BCUT2D eigenvalue weighted by molar-refractivity contribution is -0.870. The topological polar surface area (TPSA) is 91.3 Å². The second kappa shape index (κ2) is 37.2. The normalized spacial score (nSPS) is 14.2. The number of esters is 1. The molecule has 1 N–H and O–H groups in total. The van der Waals surface area contributed by atoms with E-state index in [2.05, 4.69) is 50.3 Å². The van der Waals surface area contributed by atoms with E-state index in [1.54, 1.807) is 6.26 Å². The molecule has 0 amide bonds. The Kier molecular flexibility index (Phi) is 36.0. The molecule has 9 heteroatoms. The molecule has 0 spiro atoms. The minimum atomic E-state index is -4.27. The van der Waals surface area contributed by atoms with Crippen LogP contribution in [0.4, 0.5) is 0 Å². The van der Waals surface area contributed by atoms with Gasteiger partial charge in [-0.1, -0.05) is 147 Å². The van der Waals surface area contributed by atoms with E-state index in [-0.39, 0.29) is 25.8 Å². The summed E-state index contributed by atoms with van der Waals surface area (Å²) in [6, 6.07) is 0. The summed E-state index contributed by atoms with van der Waals surface area (Å²) in [5.74, 6) is -0.314. The van der Waals surface area contributed by atoms with E-state index in [4.69, 9.17) is 18.5 Å².